The van der Waals surface area contributed by atoms with Crippen molar-refractivity contribution >= 4 is 72.7 Å². The second-order valence-electron chi connectivity index (χ2n) is 23.0. The van der Waals surface area contributed by atoms with Crippen LogP contribution in [0, 0.1) is 81.2 Å². The van der Waals surface area contributed by atoms with E-state index in [9.17, 15) is 0 Å². The predicted molar refractivity (Wildman–Crippen MR) is 318 cm³/mol. The van der Waals surface area contributed by atoms with Crippen LogP contribution in [0.5, 0.6) is 0 Å². The van der Waals surface area contributed by atoms with E-state index in [0.717, 1.165) is 0 Å². The van der Waals surface area contributed by atoms with E-state index in [2.05, 4.69) is 236 Å². The zero-order valence-electron chi connectivity index (χ0n) is 44.3. The first-order valence-electron chi connectivity index (χ1n) is 16.7. The summed E-state index contributed by atoms with van der Waals surface area (Å²) in [6.07, 6.45) is 0. The summed E-state index contributed by atoms with van der Waals surface area (Å²) in [7, 11) is -7.75. The van der Waals surface area contributed by atoms with Crippen molar-refractivity contribution in [2.75, 3.05) is 0 Å². The van der Waals surface area contributed by atoms with Gasteiger partial charge in [-0.2, -0.15) is 0 Å². The molecule has 0 saturated heterocycles. The van der Waals surface area contributed by atoms with E-state index in [1.807, 2.05) is 0 Å². The summed E-state index contributed by atoms with van der Waals surface area (Å²) in [6, 6.07) is 0. The van der Waals surface area contributed by atoms with Crippen LogP contribution in [-0.2, 0) is 196 Å². The standard InChI is InChI=1S/9C4H11Si.6CH4.3CH3.6Y/c9*1-5(2,3)4;;;;;;;;;;;;;;;/h9*1H2,2-4H3;6*1H4;3*1H3;;;;;;/q9*-1;;;;;;;3*-1;;;;;;. The fourth-order valence-electron chi connectivity index (χ4n) is 0. The zero-order valence-corrected chi connectivity index (χ0v) is 70.4. The molecule has 0 aliphatic carbocycles. The minimum Gasteiger partial charge on any atom is -0.358 e. The third-order valence-corrected chi connectivity index (χ3v) is 0. The molecular formula is C45H132Si9Y6-12. The first-order chi connectivity index (χ1) is 18.0. The van der Waals surface area contributed by atoms with Crippen molar-refractivity contribution in [1.29, 1.82) is 0 Å². The van der Waals surface area contributed by atoms with Gasteiger partial charge in [0.1, 0.15) is 0 Å². The van der Waals surface area contributed by atoms with Gasteiger partial charge in [-0.25, -0.2) is 0 Å². The van der Waals surface area contributed by atoms with Crippen molar-refractivity contribution in [3.63, 3.8) is 0 Å². The Labute approximate surface area is 561 Å². The van der Waals surface area contributed by atoms with E-state index in [1.165, 1.54) is 0 Å². The van der Waals surface area contributed by atoms with Gasteiger partial charge in [0.15, 0.2) is 0 Å². The molecular weight excluding hydrogens is 1330 g/mol. The third-order valence-electron chi connectivity index (χ3n) is 0. The summed E-state index contributed by atoms with van der Waals surface area (Å²) >= 11 is 0. The van der Waals surface area contributed by atoms with Crippen molar-refractivity contribution < 1.29 is 196 Å². The summed E-state index contributed by atoms with van der Waals surface area (Å²) in [5, 5.41) is 0. The number of hydrogen-bond acceptors (Lipinski definition) is 0. The third kappa shape index (κ3) is 3890. The minimum absolute atomic E-state index is 0. The Morgan fingerprint density at radius 3 is 0.150 bits per heavy atom. The normalized spacial score (nSPS) is 9.00. The van der Waals surface area contributed by atoms with Crippen LogP contribution in [-0.4, -0.2) is 72.7 Å². The molecule has 0 fully saturated rings. The topological polar surface area (TPSA) is 0 Å². The predicted octanol–water partition coefficient (Wildman–Crippen LogP) is 20.4. The molecule has 15 heteroatoms. The van der Waals surface area contributed by atoms with E-state index in [1.54, 1.807) is 0 Å². The molecule has 0 aliphatic rings. The van der Waals surface area contributed by atoms with Gasteiger partial charge >= 0.3 is 0 Å². The monoisotopic (exact) mass is 1460 g/mol. The maximum Gasteiger partial charge on any atom is 0 e. The fraction of sp³-hybridized carbons (Fsp3) is 0.733. The molecule has 0 aromatic rings. The van der Waals surface area contributed by atoms with Crippen LogP contribution in [0.1, 0.15) is 44.6 Å². The van der Waals surface area contributed by atoms with Gasteiger partial charge in [-0.15, -0.1) is 72.7 Å². The Morgan fingerprint density at radius 1 is 0.150 bits per heavy atom. The summed E-state index contributed by atoms with van der Waals surface area (Å²) < 4.78 is 0. The molecule has 0 aromatic heterocycles. The fourth-order valence-corrected chi connectivity index (χ4v) is 0. The van der Waals surface area contributed by atoms with Crippen LogP contribution < -0.4 is 0 Å². The van der Waals surface area contributed by atoms with Crippen LogP contribution in [0.2, 0.25) is 177 Å². The molecule has 0 unspecified atom stereocenters. The average molecular weight is 1460 g/mol. The molecule has 0 spiro atoms. The molecule has 0 aliphatic heterocycles. The van der Waals surface area contributed by atoms with Crippen molar-refractivity contribution in [1.82, 2.24) is 0 Å². The van der Waals surface area contributed by atoms with Crippen molar-refractivity contribution in [2.45, 2.75) is 221 Å². The summed E-state index contributed by atoms with van der Waals surface area (Å²) in [4.78, 5) is 0. The maximum atomic E-state index is 3.91. The Hall–Kier alpha value is 8.58. The van der Waals surface area contributed by atoms with Gasteiger partial charge < -0.3 is 81.2 Å². The van der Waals surface area contributed by atoms with E-state index >= 15 is 0 Å². The second kappa shape index (κ2) is 76.5. The van der Waals surface area contributed by atoms with Gasteiger partial charge in [0.05, 0.1) is 0 Å². The smallest absolute Gasteiger partial charge is 0 e. The molecule has 0 saturated carbocycles. The van der Waals surface area contributed by atoms with E-state index < -0.39 is 72.7 Å². The molecule has 0 amide bonds. The van der Waals surface area contributed by atoms with E-state index in [0.29, 0.717) is 0 Å². The second-order valence-corrected chi connectivity index (χ2v) is 69.1. The zero-order chi connectivity index (χ0) is 40.5. The van der Waals surface area contributed by atoms with Crippen molar-refractivity contribution in [3.8, 4) is 0 Å². The molecule has 0 heterocycles. The first-order valence-corrected chi connectivity index (χ1v) is 50.0. The summed E-state index contributed by atoms with van der Waals surface area (Å²) in [5.41, 5.74) is 0. The Morgan fingerprint density at radius 2 is 0.150 bits per heavy atom. The number of rotatable bonds is 0. The van der Waals surface area contributed by atoms with E-state index in [-0.39, 0.29) is 263 Å². The van der Waals surface area contributed by atoms with Gasteiger partial charge in [-0.05, 0) is 0 Å². The van der Waals surface area contributed by atoms with Crippen LogP contribution in [0.3, 0.4) is 0 Å². The first kappa shape index (κ1) is 158. The molecule has 6 radical (unpaired) electrons. The van der Waals surface area contributed by atoms with Crippen molar-refractivity contribution in [2.24, 2.45) is 0 Å². The molecule has 0 aromatic carbocycles. The Balaban J connectivity index is -0.0000000107. The molecule has 378 valence electrons. The van der Waals surface area contributed by atoms with Gasteiger partial charge in [0, 0.05) is 196 Å². The van der Waals surface area contributed by atoms with Crippen LogP contribution in [0.15, 0.2) is 0 Å². The molecule has 60 heavy (non-hydrogen) atoms. The minimum atomic E-state index is -0.861. The van der Waals surface area contributed by atoms with Crippen LogP contribution in [0.4, 0.5) is 0 Å². The quantitative estimate of drug-likeness (QED) is 0.168. The number of hydrogen-bond donors (Lipinski definition) is 0. The average Bonchev–Trinajstić information content (AvgIpc) is 2.26. The van der Waals surface area contributed by atoms with Gasteiger partial charge in [-0.1, -0.05) is 221 Å². The molecule has 0 atom stereocenters. The molecule has 0 N–H and O–H groups in total. The molecule has 0 bridgehead atoms. The molecule has 0 nitrogen and oxygen atoms in total. The van der Waals surface area contributed by atoms with Gasteiger partial charge in [-0.3, -0.25) is 0 Å². The van der Waals surface area contributed by atoms with E-state index in [4.69, 9.17) is 0 Å². The SMILES string of the molecule is C.C.C.C.C.C.[CH2-][Si](C)(C)C.[CH2-][Si](C)(C)C.[CH2-][Si](C)(C)C.[CH2-][Si](C)(C)C.[CH2-][Si](C)(C)C.[CH2-][Si](C)(C)C.[CH2-][Si](C)(C)C.[CH2-][Si](C)(C)C.[CH2-][Si](C)(C)C.[CH3-].[CH3-].[CH3-].[Y].[Y].[Y].[Y].[Y].[Y]. The maximum absolute atomic E-state index is 3.91. The molecule has 0 rings (SSSR count). The van der Waals surface area contributed by atoms with Crippen LogP contribution in [0.25, 0.3) is 0 Å². The van der Waals surface area contributed by atoms with Gasteiger partial charge in [0.2, 0.25) is 0 Å². The Bertz CT molecular complexity index is 374. The Kier molecular flexibility index (Phi) is 201. The largest absolute Gasteiger partial charge is 0.358 e. The van der Waals surface area contributed by atoms with Gasteiger partial charge in [0.25, 0.3) is 0 Å². The summed E-state index contributed by atoms with van der Waals surface area (Å²) in [5.74, 6) is 0. The van der Waals surface area contributed by atoms with Crippen molar-refractivity contribution in [3.05, 3.63) is 81.2 Å². The van der Waals surface area contributed by atoms with Crippen LogP contribution >= 0.6 is 0 Å². The summed E-state index contributed by atoms with van der Waals surface area (Å²) in [6.45, 7) is 95.0.